The highest BCUT2D eigenvalue weighted by molar-refractivity contribution is 6.16. The van der Waals surface area contributed by atoms with Crippen LogP contribution in [0.25, 0.3) is 21.8 Å². The number of anilines is 1. The molecule has 5 aromatic rings. The third kappa shape index (κ3) is 6.72. The molecule has 0 unspecified atom stereocenters. The van der Waals surface area contributed by atoms with Gasteiger partial charge in [-0.2, -0.15) is 0 Å². The maximum Gasteiger partial charge on any atom is 0.325 e. The molecule has 0 spiro atoms. The van der Waals surface area contributed by atoms with Crippen molar-refractivity contribution in [3.05, 3.63) is 107 Å². The maximum atomic E-state index is 14.1. The van der Waals surface area contributed by atoms with Gasteiger partial charge in [-0.05, 0) is 42.3 Å². The van der Waals surface area contributed by atoms with Crippen molar-refractivity contribution < 1.29 is 23.9 Å². The Morgan fingerprint density at radius 1 is 1.00 bits per heavy atom. The number of carbonyl (C=O) groups excluding carboxylic acids is 4. The maximum absolute atomic E-state index is 14.1. The van der Waals surface area contributed by atoms with E-state index >= 15 is 0 Å². The van der Waals surface area contributed by atoms with E-state index in [0.717, 1.165) is 16.5 Å². The Hall–Kier alpha value is -5.84. The monoisotopic (exact) mass is 604 g/mol. The number of fused-ring (bicyclic) bond motifs is 2. The highest BCUT2D eigenvalue weighted by atomic mass is 16.5. The summed E-state index contributed by atoms with van der Waals surface area (Å²) < 4.78 is 6.46. The van der Waals surface area contributed by atoms with Crippen molar-refractivity contribution in [3.8, 4) is 0 Å². The number of pyridine rings is 1. The molecule has 228 valence electrons. The number of benzene rings is 3. The molecule has 0 aliphatic heterocycles. The van der Waals surface area contributed by atoms with Crippen LogP contribution in [0.2, 0.25) is 0 Å². The lowest BCUT2D eigenvalue weighted by Gasteiger charge is -2.23. The summed E-state index contributed by atoms with van der Waals surface area (Å²) in [4.78, 5) is 57.9. The van der Waals surface area contributed by atoms with Crippen LogP contribution in [0.4, 0.5) is 5.69 Å². The van der Waals surface area contributed by atoms with Crippen LogP contribution >= 0.6 is 0 Å². The van der Waals surface area contributed by atoms with E-state index in [2.05, 4.69) is 15.0 Å². The van der Waals surface area contributed by atoms with Gasteiger partial charge in [-0.25, -0.2) is 0 Å². The van der Waals surface area contributed by atoms with Gasteiger partial charge in [-0.1, -0.05) is 42.5 Å². The molecule has 0 saturated heterocycles. The van der Waals surface area contributed by atoms with Gasteiger partial charge >= 0.3 is 5.97 Å². The molecule has 0 radical (unpaired) electrons. The first kappa shape index (κ1) is 30.6. The van der Waals surface area contributed by atoms with Crippen molar-refractivity contribution >= 4 is 56.9 Å². The molecule has 0 aliphatic rings. The largest absolute Gasteiger partial charge is 0.468 e. The third-order valence-corrected chi connectivity index (χ3v) is 7.56. The van der Waals surface area contributed by atoms with Gasteiger partial charge in [0.15, 0.2) is 5.78 Å². The van der Waals surface area contributed by atoms with Gasteiger partial charge < -0.3 is 20.4 Å². The van der Waals surface area contributed by atoms with Gasteiger partial charge in [-0.15, -0.1) is 0 Å². The summed E-state index contributed by atoms with van der Waals surface area (Å²) in [6.07, 6.45) is 4.09. The number of rotatable bonds is 11. The Morgan fingerprint density at radius 3 is 2.49 bits per heavy atom. The zero-order valence-electron chi connectivity index (χ0n) is 24.9. The average molecular weight is 605 g/mol. The van der Waals surface area contributed by atoms with Crippen LogP contribution in [0, 0.1) is 5.41 Å². The quantitative estimate of drug-likeness (QED) is 0.0895. The van der Waals surface area contributed by atoms with E-state index in [4.69, 9.17) is 11.1 Å². The van der Waals surface area contributed by atoms with Gasteiger partial charge in [0.1, 0.15) is 18.9 Å². The van der Waals surface area contributed by atoms with E-state index in [1.54, 1.807) is 60.9 Å². The Balaban J connectivity index is 1.48. The number of amides is 2. The lowest BCUT2D eigenvalue weighted by atomic mass is 10.0. The standard InChI is InChI=1S/C34H32N6O5/c1-39-19-27(29(41)15-10-21-8-11-23(12-9-21)33(35)36)26-17-24(13-14-28(26)39)40(20-30(42)38-18-31(43)45-2)34(44)25-7-3-5-22-6-4-16-37-32(22)25/h3-9,11-14,16-17,19H,10,15,18,20H2,1-2H3,(H3,35,36)(H,38,42). The van der Waals surface area contributed by atoms with Crippen LogP contribution in [-0.4, -0.2) is 59.2 Å². The second-order valence-electron chi connectivity index (χ2n) is 10.5. The minimum absolute atomic E-state index is 0.0191. The van der Waals surface area contributed by atoms with E-state index in [0.29, 0.717) is 39.7 Å². The number of Topliss-reactive ketones (excluding diaryl/α,β-unsaturated/α-hetero) is 1. The number of carbonyl (C=O) groups is 4. The molecular formula is C34H32N6O5. The van der Waals surface area contributed by atoms with Crippen molar-refractivity contribution in [2.24, 2.45) is 12.8 Å². The summed E-state index contributed by atoms with van der Waals surface area (Å²) >= 11 is 0. The minimum atomic E-state index is -0.622. The molecule has 0 atom stereocenters. The number of esters is 1. The smallest absolute Gasteiger partial charge is 0.325 e. The zero-order chi connectivity index (χ0) is 32.1. The molecule has 5 rings (SSSR count). The first-order chi connectivity index (χ1) is 21.7. The van der Waals surface area contributed by atoms with Crippen LogP contribution < -0.4 is 16.0 Å². The molecule has 11 heteroatoms. The second kappa shape index (κ2) is 13.2. The number of para-hydroxylation sites is 1. The summed E-state index contributed by atoms with van der Waals surface area (Å²) in [6, 6.07) is 21.3. The molecular weight excluding hydrogens is 572 g/mol. The molecule has 0 aliphatic carbocycles. The summed E-state index contributed by atoms with van der Waals surface area (Å²) in [5, 5.41) is 11.5. The highest BCUT2D eigenvalue weighted by Gasteiger charge is 2.25. The molecule has 0 saturated carbocycles. The van der Waals surface area contributed by atoms with E-state index in [9.17, 15) is 19.2 Å². The van der Waals surface area contributed by atoms with Crippen molar-refractivity contribution in [2.75, 3.05) is 25.1 Å². The van der Waals surface area contributed by atoms with Crippen LogP contribution in [0.15, 0.2) is 85.2 Å². The number of aromatic nitrogens is 2. The molecule has 0 bridgehead atoms. The van der Waals surface area contributed by atoms with Gasteiger partial charge in [0.2, 0.25) is 5.91 Å². The number of nitrogens with zero attached hydrogens (tertiary/aromatic N) is 3. The Kier molecular flexibility index (Phi) is 8.99. The second-order valence-corrected chi connectivity index (χ2v) is 10.5. The Bertz CT molecular complexity index is 1940. The lowest BCUT2D eigenvalue weighted by molar-refractivity contribution is -0.141. The molecule has 2 heterocycles. The zero-order valence-corrected chi connectivity index (χ0v) is 24.9. The molecule has 2 amide bonds. The van der Waals surface area contributed by atoms with E-state index in [1.165, 1.54) is 12.0 Å². The summed E-state index contributed by atoms with van der Waals surface area (Å²) in [5.41, 5.74) is 9.55. The number of ketones is 1. The summed E-state index contributed by atoms with van der Waals surface area (Å²) in [5.74, 6) is -1.76. The molecule has 0 fully saturated rings. The molecule has 2 aromatic heterocycles. The number of nitrogens with one attached hydrogen (secondary N) is 2. The number of methoxy groups -OCH3 is 1. The van der Waals surface area contributed by atoms with Crippen molar-refractivity contribution in [3.63, 3.8) is 0 Å². The SMILES string of the molecule is COC(=O)CNC(=O)CN(C(=O)c1cccc2cccnc12)c1ccc2c(c1)c(C(=O)CCc1ccc(C(=N)N)cc1)cn2C. The topological polar surface area (TPSA) is 160 Å². The number of hydrogen-bond acceptors (Lipinski definition) is 7. The first-order valence-electron chi connectivity index (χ1n) is 14.2. The number of hydrogen-bond donors (Lipinski definition) is 3. The number of amidine groups is 1. The van der Waals surface area contributed by atoms with Crippen molar-refractivity contribution in [1.29, 1.82) is 5.41 Å². The van der Waals surface area contributed by atoms with Gasteiger partial charge in [0, 0.05) is 59.0 Å². The van der Waals surface area contributed by atoms with E-state index in [1.807, 2.05) is 35.9 Å². The Morgan fingerprint density at radius 2 is 1.76 bits per heavy atom. The van der Waals surface area contributed by atoms with Crippen LogP contribution in [-0.2, 0) is 27.8 Å². The van der Waals surface area contributed by atoms with Crippen LogP contribution in [0.1, 0.15) is 38.3 Å². The van der Waals surface area contributed by atoms with Crippen molar-refractivity contribution in [2.45, 2.75) is 12.8 Å². The fraction of sp³-hybridized carbons (Fsp3) is 0.176. The van der Waals surface area contributed by atoms with Crippen molar-refractivity contribution in [1.82, 2.24) is 14.9 Å². The average Bonchev–Trinajstić information content (AvgIpc) is 3.39. The predicted molar refractivity (Wildman–Crippen MR) is 171 cm³/mol. The summed E-state index contributed by atoms with van der Waals surface area (Å²) in [6.45, 7) is -0.738. The molecule has 45 heavy (non-hydrogen) atoms. The number of ether oxygens (including phenoxy) is 1. The number of aryl methyl sites for hydroxylation is 2. The first-order valence-corrected chi connectivity index (χ1v) is 14.2. The fourth-order valence-corrected chi connectivity index (χ4v) is 5.16. The predicted octanol–water partition coefficient (Wildman–Crippen LogP) is 3.76. The van der Waals surface area contributed by atoms with Crippen LogP contribution in [0.5, 0.6) is 0 Å². The lowest BCUT2D eigenvalue weighted by Crippen LogP contribution is -2.42. The number of nitrogen functional groups attached to an aromatic ring is 1. The Labute approximate surface area is 259 Å². The fourth-order valence-electron chi connectivity index (χ4n) is 5.16. The third-order valence-electron chi connectivity index (χ3n) is 7.56. The van der Waals surface area contributed by atoms with E-state index in [-0.39, 0.29) is 24.6 Å². The molecule has 3 aromatic carbocycles. The van der Waals surface area contributed by atoms with Gasteiger partial charge in [0.05, 0.1) is 18.2 Å². The highest BCUT2D eigenvalue weighted by Crippen LogP contribution is 2.29. The van der Waals surface area contributed by atoms with Gasteiger partial charge in [-0.3, -0.25) is 34.5 Å². The molecule has 4 N–H and O–H groups in total. The molecule has 11 nitrogen and oxygen atoms in total. The van der Waals surface area contributed by atoms with Crippen LogP contribution in [0.3, 0.4) is 0 Å². The normalized spacial score (nSPS) is 10.9. The number of nitrogens with two attached hydrogens (primary N) is 1. The van der Waals surface area contributed by atoms with Gasteiger partial charge in [0.25, 0.3) is 5.91 Å². The summed E-state index contributed by atoms with van der Waals surface area (Å²) in [7, 11) is 3.06. The van der Waals surface area contributed by atoms with E-state index < -0.39 is 24.3 Å². The minimum Gasteiger partial charge on any atom is -0.468 e.